The predicted octanol–water partition coefficient (Wildman–Crippen LogP) is 2.31. The molecule has 0 amide bonds. The predicted molar refractivity (Wildman–Crippen MR) is 62.6 cm³/mol. The number of fused-ring (bicyclic) bond motifs is 1. The van der Waals surface area contributed by atoms with Crippen molar-refractivity contribution in [3.63, 3.8) is 0 Å². The molecule has 0 saturated carbocycles. The number of aryl methyl sites for hydroxylation is 1. The first-order valence-electron chi connectivity index (χ1n) is 4.60. The highest BCUT2D eigenvalue weighted by molar-refractivity contribution is 7.97. The normalized spacial score (nSPS) is 10.5. The zero-order valence-corrected chi connectivity index (χ0v) is 9.51. The van der Waals surface area contributed by atoms with Gasteiger partial charge in [-0.1, -0.05) is 0 Å². The van der Waals surface area contributed by atoms with Gasteiger partial charge in [0.2, 0.25) is 0 Å². The third-order valence-electron chi connectivity index (χ3n) is 2.38. The summed E-state index contributed by atoms with van der Waals surface area (Å²) in [6, 6.07) is 7.73. The van der Waals surface area contributed by atoms with Crippen LogP contribution in [0.1, 0.15) is 11.4 Å². The second-order valence-corrected chi connectivity index (χ2v) is 4.20. The molecule has 0 aliphatic rings. The van der Waals surface area contributed by atoms with Crippen LogP contribution in [0.3, 0.4) is 0 Å². The van der Waals surface area contributed by atoms with E-state index in [-0.39, 0.29) is 0 Å². The lowest BCUT2D eigenvalue weighted by molar-refractivity contribution is 0.876. The number of hydrogen-bond acceptors (Lipinski definition) is 3. The minimum Gasteiger partial charge on any atom is -0.330 e. The Kier molecular flexibility index (Phi) is 2.65. The van der Waals surface area contributed by atoms with Crippen LogP contribution in [0, 0.1) is 11.3 Å². The number of aromatic nitrogens is 2. The first-order chi connectivity index (χ1) is 7.26. The summed E-state index contributed by atoms with van der Waals surface area (Å²) in [6.45, 7) is 0. The third-order valence-corrected chi connectivity index (χ3v) is 2.92. The third kappa shape index (κ3) is 1.71. The molecular formula is C11H11N3S. The van der Waals surface area contributed by atoms with Gasteiger partial charge in [-0.25, -0.2) is 4.98 Å². The van der Waals surface area contributed by atoms with Crippen LogP contribution in [-0.2, 0) is 12.8 Å². The molecule has 15 heavy (non-hydrogen) atoms. The Hall–Kier alpha value is -1.47. The molecule has 0 radical (unpaired) electrons. The molecule has 1 aromatic carbocycles. The van der Waals surface area contributed by atoms with E-state index in [9.17, 15) is 0 Å². The van der Waals surface area contributed by atoms with Crippen LogP contribution in [0.5, 0.6) is 0 Å². The van der Waals surface area contributed by atoms with Crippen molar-refractivity contribution in [2.75, 3.05) is 6.26 Å². The monoisotopic (exact) mass is 217 g/mol. The van der Waals surface area contributed by atoms with E-state index in [4.69, 9.17) is 5.26 Å². The van der Waals surface area contributed by atoms with E-state index < -0.39 is 0 Å². The van der Waals surface area contributed by atoms with Crippen LogP contribution >= 0.6 is 11.8 Å². The average molecular weight is 217 g/mol. The van der Waals surface area contributed by atoms with E-state index >= 15 is 0 Å². The van der Waals surface area contributed by atoms with Crippen LogP contribution in [0.4, 0.5) is 0 Å². The standard InChI is InChI=1S/C11H11N3S/c1-14-10-5-8(6-12)3-4-9(10)13-11(14)7-15-2/h3-5H,7H2,1-2H3. The van der Waals surface area contributed by atoms with Crippen LogP contribution < -0.4 is 0 Å². The SMILES string of the molecule is CSCc1nc2ccc(C#N)cc2n1C. The molecule has 2 aromatic rings. The van der Waals surface area contributed by atoms with Crippen molar-refractivity contribution in [1.29, 1.82) is 5.26 Å². The van der Waals surface area contributed by atoms with Gasteiger partial charge >= 0.3 is 0 Å². The molecule has 0 bridgehead atoms. The summed E-state index contributed by atoms with van der Waals surface area (Å²) in [5.41, 5.74) is 2.67. The molecule has 3 nitrogen and oxygen atoms in total. The fourth-order valence-electron chi connectivity index (χ4n) is 1.57. The van der Waals surface area contributed by atoms with Gasteiger partial charge < -0.3 is 4.57 Å². The number of nitriles is 1. The van der Waals surface area contributed by atoms with Gasteiger partial charge in [0, 0.05) is 7.05 Å². The second kappa shape index (κ2) is 3.95. The van der Waals surface area contributed by atoms with Gasteiger partial charge in [-0.3, -0.25) is 0 Å². The minimum absolute atomic E-state index is 0.682. The summed E-state index contributed by atoms with van der Waals surface area (Å²) in [5, 5.41) is 8.81. The Labute approximate surface area is 92.7 Å². The molecule has 0 atom stereocenters. The lowest BCUT2D eigenvalue weighted by Crippen LogP contribution is -1.95. The summed E-state index contributed by atoms with van der Waals surface area (Å²) < 4.78 is 2.05. The molecular weight excluding hydrogens is 206 g/mol. The molecule has 0 spiro atoms. The van der Waals surface area contributed by atoms with E-state index in [1.807, 2.05) is 23.7 Å². The van der Waals surface area contributed by atoms with Gasteiger partial charge in [-0.05, 0) is 24.5 Å². The largest absolute Gasteiger partial charge is 0.330 e. The van der Waals surface area contributed by atoms with Gasteiger partial charge in [-0.2, -0.15) is 17.0 Å². The molecule has 0 aliphatic carbocycles. The van der Waals surface area contributed by atoms with E-state index in [1.165, 1.54) is 0 Å². The van der Waals surface area contributed by atoms with Crippen LogP contribution in [0.15, 0.2) is 18.2 Å². The van der Waals surface area contributed by atoms with Crippen molar-refractivity contribution in [2.45, 2.75) is 5.75 Å². The fourth-order valence-corrected chi connectivity index (χ4v) is 2.08. The first kappa shape index (κ1) is 10.1. The maximum Gasteiger partial charge on any atom is 0.119 e. The number of nitrogens with zero attached hydrogens (tertiary/aromatic N) is 3. The number of benzene rings is 1. The van der Waals surface area contributed by atoms with Crippen LogP contribution in [0.2, 0.25) is 0 Å². The highest BCUT2D eigenvalue weighted by Crippen LogP contribution is 2.18. The molecule has 1 heterocycles. The zero-order valence-electron chi connectivity index (χ0n) is 8.69. The quantitative estimate of drug-likeness (QED) is 0.775. The first-order valence-corrected chi connectivity index (χ1v) is 6.00. The summed E-state index contributed by atoms with van der Waals surface area (Å²) in [4.78, 5) is 4.51. The van der Waals surface area contributed by atoms with Crippen molar-refractivity contribution in [3.05, 3.63) is 29.6 Å². The molecule has 4 heteroatoms. The maximum absolute atomic E-state index is 8.81. The number of thioether (sulfide) groups is 1. The fraction of sp³-hybridized carbons (Fsp3) is 0.273. The van der Waals surface area contributed by atoms with Crippen LogP contribution in [0.25, 0.3) is 11.0 Å². The number of imidazole rings is 1. The van der Waals surface area contributed by atoms with Gasteiger partial charge in [0.25, 0.3) is 0 Å². The lowest BCUT2D eigenvalue weighted by Gasteiger charge is -1.99. The number of hydrogen-bond donors (Lipinski definition) is 0. The van der Waals surface area contributed by atoms with Gasteiger partial charge in [0.1, 0.15) is 5.82 Å². The molecule has 76 valence electrons. The van der Waals surface area contributed by atoms with Crippen molar-refractivity contribution in [1.82, 2.24) is 9.55 Å². The maximum atomic E-state index is 8.81. The van der Waals surface area contributed by atoms with Crippen molar-refractivity contribution in [2.24, 2.45) is 7.05 Å². The van der Waals surface area contributed by atoms with E-state index in [0.29, 0.717) is 5.56 Å². The molecule has 0 aliphatic heterocycles. The molecule has 0 saturated heterocycles. The topological polar surface area (TPSA) is 41.6 Å². The molecule has 0 N–H and O–H groups in total. The smallest absolute Gasteiger partial charge is 0.119 e. The van der Waals surface area contributed by atoms with Crippen molar-refractivity contribution < 1.29 is 0 Å². The van der Waals surface area contributed by atoms with E-state index in [1.54, 1.807) is 17.8 Å². The Morgan fingerprint density at radius 2 is 2.33 bits per heavy atom. The van der Waals surface area contributed by atoms with Crippen molar-refractivity contribution in [3.8, 4) is 6.07 Å². The van der Waals surface area contributed by atoms with Gasteiger partial charge in [0.15, 0.2) is 0 Å². The van der Waals surface area contributed by atoms with Gasteiger partial charge in [0.05, 0.1) is 28.4 Å². The summed E-state index contributed by atoms with van der Waals surface area (Å²) >= 11 is 1.75. The van der Waals surface area contributed by atoms with Gasteiger partial charge in [-0.15, -0.1) is 0 Å². The molecule has 0 fully saturated rings. The molecule has 0 unspecified atom stereocenters. The van der Waals surface area contributed by atoms with Crippen molar-refractivity contribution >= 4 is 22.8 Å². The highest BCUT2D eigenvalue weighted by Gasteiger charge is 2.07. The Bertz CT molecular complexity index is 536. The Morgan fingerprint density at radius 3 is 3.00 bits per heavy atom. The Balaban J connectivity index is 2.62. The minimum atomic E-state index is 0.682. The van der Waals surface area contributed by atoms with E-state index in [2.05, 4.69) is 17.3 Å². The van der Waals surface area contributed by atoms with E-state index in [0.717, 1.165) is 22.6 Å². The lowest BCUT2D eigenvalue weighted by atomic mass is 10.2. The Morgan fingerprint density at radius 1 is 1.53 bits per heavy atom. The summed E-state index contributed by atoms with van der Waals surface area (Å²) in [7, 11) is 1.99. The highest BCUT2D eigenvalue weighted by atomic mass is 32.2. The zero-order chi connectivity index (χ0) is 10.8. The molecule has 1 aromatic heterocycles. The summed E-state index contributed by atoms with van der Waals surface area (Å²) in [5.74, 6) is 1.94. The number of rotatable bonds is 2. The summed E-state index contributed by atoms with van der Waals surface area (Å²) in [6.07, 6.45) is 2.06. The molecule has 2 rings (SSSR count). The average Bonchev–Trinajstić information content (AvgIpc) is 2.56. The van der Waals surface area contributed by atoms with Crippen LogP contribution in [-0.4, -0.2) is 15.8 Å². The second-order valence-electron chi connectivity index (χ2n) is 3.34.